The van der Waals surface area contributed by atoms with Crippen LogP contribution in [-0.4, -0.2) is 25.3 Å². The molecule has 0 radical (unpaired) electrons. The lowest BCUT2D eigenvalue weighted by Gasteiger charge is -2.12. The van der Waals surface area contributed by atoms with Gasteiger partial charge in [0, 0.05) is 0 Å². The molecule has 0 heterocycles. The first-order chi connectivity index (χ1) is 9.86. The molecule has 0 spiro atoms. The fourth-order valence-corrected chi connectivity index (χ4v) is 1.45. The molecule has 0 fully saturated rings. The molecule has 0 atom stereocenters. The minimum absolute atomic E-state index is 0.00791. The van der Waals surface area contributed by atoms with E-state index in [1.807, 2.05) is 13.8 Å². The third-order valence-electron chi connectivity index (χ3n) is 2.36. The lowest BCUT2D eigenvalue weighted by molar-refractivity contribution is 0.0521. The molecule has 1 amide bonds. The van der Waals surface area contributed by atoms with E-state index in [-0.39, 0.29) is 24.8 Å². The van der Waals surface area contributed by atoms with Crippen molar-refractivity contribution in [2.24, 2.45) is 5.92 Å². The van der Waals surface area contributed by atoms with Gasteiger partial charge < -0.3 is 9.47 Å². The largest absolute Gasteiger partial charge is 0.462 e. The summed E-state index contributed by atoms with van der Waals surface area (Å²) in [6.07, 6.45) is -0.861. The number of amides is 1. The Hall–Kier alpha value is -2.18. The van der Waals surface area contributed by atoms with Crippen LogP contribution in [0.25, 0.3) is 0 Å². The van der Waals surface area contributed by atoms with Crippen molar-refractivity contribution in [3.8, 4) is 0 Å². The summed E-state index contributed by atoms with van der Waals surface area (Å²) < 4.78 is 36.5. The molecule has 5 nitrogen and oxygen atoms in total. The zero-order chi connectivity index (χ0) is 16.0. The summed E-state index contributed by atoms with van der Waals surface area (Å²) in [6.45, 7) is 5.36. The standard InChI is InChI=1S/C14H17F2NO4/c1-4-20-13(18)11-10(6-5-9(15)12(11)16)17-14(19)21-7-8(2)3/h5-6,8H,4,7H2,1-3H3,(H,17,19). The van der Waals surface area contributed by atoms with E-state index in [0.29, 0.717) is 0 Å². The molecule has 1 aromatic carbocycles. The van der Waals surface area contributed by atoms with Gasteiger partial charge in [-0.05, 0) is 25.0 Å². The highest BCUT2D eigenvalue weighted by atomic mass is 19.2. The first kappa shape index (κ1) is 16.9. The number of benzene rings is 1. The highest BCUT2D eigenvalue weighted by Crippen LogP contribution is 2.23. The molecule has 7 heteroatoms. The average molecular weight is 301 g/mol. The summed E-state index contributed by atoms with van der Waals surface area (Å²) in [6, 6.07) is 1.87. The molecule has 0 bridgehead atoms. The van der Waals surface area contributed by atoms with Crippen molar-refractivity contribution in [2.45, 2.75) is 20.8 Å². The molecule has 0 aliphatic rings. The lowest BCUT2D eigenvalue weighted by atomic mass is 10.1. The summed E-state index contributed by atoms with van der Waals surface area (Å²) in [4.78, 5) is 23.2. The topological polar surface area (TPSA) is 64.6 Å². The number of anilines is 1. The SMILES string of the molecule is CCOC(=O)c1c(NC(=O)OCC(C)C)ccc(F)c1F. The van der Waals surface area contributed by atoms with Gasteiger partial charge in [0.05, 0.1) is 18.9 Å². The van der Waals surface area contributed by atoms with Crippen LogP contribution in [0.3, 0.4) is 0 Å². The van der Waals surface area contributed by atoms with Gasteiger partial charge in [-0.1, -0.05) is 13.8 Å². The molecule has 0 aliphatic heterocycles. The first-order valence-electron chi connectivity index (χ1n) is 6.45. The summed E-state index contributed by atoms with van der Waals surface area (Å²) >= 11 is 0. The highest BCUT2D eigenvalue weighted by molar-refractivity contribution is 6.00. The number of rotatable bonds is 5. The predicted molar refractivity (Wildman–Crippen MR) is 72.1 cm³/mol. The van der Waals surface area contributed by atoms with E-state index in [1.165, 1.54) is 6.92 Å². The van der Waals surface area contributed by atoms with Crippen LogP contribution >= 0.6 is 0 Å². The Kier molecular flexibility index (Phi) is 6.08. The Morgan fingerprint density at radius 3 is 2.48 bits per heavy atom. The minimum atomic E-state index is -1.38. The van der Waals surface area contributed by atoms with Gasteiger partial charge in [0.15, 0.2) is 11.6 Å². The van der Waals surface area contributed by atoms with Crippen LogP contribution in [0.2, 0.25) is 0 Å². The first-order valence-corrected chi connectivity index (χ1v) is 6.45. The lowest BCUT2D eigenvalue weighted by Crippen LogP contribution is -2.20. The maximum atomic E-state index is 13.7. The van der Waals surface area contributed by atoms with Gasteiger partial charge in [-0.2, -0.15) is 0 Å². The Labute approximate surface area is 121 Å². The fourth-order valence-electron chi connectivity index (χ4n) is 1.45. The van der Waals surface area contributed by atoms with Crippen molar-refractivity contribution >= 4 is 17.7 Å². The number of hydrogen-bond acceptors (Lipinski definition) is 4. The van der Waals surface area contributed by atoms with Gasteiger partial charge in [0.25, 0.3) is 0 Å². The van der Waals surface area contributed by atoms with Crippen LogP contribution in [0.1, 0.15) is 31.1 Å². The van der Waals surface area contributed by atoms with E-state index in [4.69, 9.17) is 4.74 Å². The van der Waals surface area contributed by atoms with Crippen molar-refractivity contribution in [3.05, 3.63) is 29.3 Å². The summed E-state index contributed by atoms with van der Waals surface area (Å²) in [7, 11) is 0. The molecular formula is C14H17F2NO4. The Morgan fingerprint density at radius 2 is 1.90 bits per heavy atom. The normalized spacial score (nSPS) is 10.4. The number of halogens is 2. The third-order valence-corrected chi connectivity index (χ3v) is 2.36. The van der Waals surface area contributed by atoms with Crippen molar-refractivity contribution in [1.29, 1.82) is 0 Å². The van der Waals surface area contributed by atoms with Gasteiger partial charge in [-0.15, -0.1) is 0 Å². The van der Waals surface area contributed by atoms with E-state index in [1.54, 1.807) is 0 Å². The van der Waals surface area contributed by atoms with E-state index in [9.17, 15) is 18.4 Å². The Morgan fingerprint density at radius 1 is 1.24 bits per heavy atom. The molecule has 116 valence electrons. The molecule has 0 aliphatic carbocycles. The van der Waals surface area contributed by atoms with Crippen molar-refractivity contribution in [1.82, 2.24) is 0 Å². The van der Waals surface area contributed by atoms with Crippen LogP contribution in [0.4, 0.5) is 19.3 Å². The molecule has 0 aromatic heterocycles. The predicted octanol–water partition coefficient (Wildman–Crippen LogP) is 3.35. The van der Waals surface area contributed by atoms with Crippen LogP contribution in [0.15, 0.2) is 12.1 Å². The molecule has 0 unspecified atom stereocenters. The average Bonchev–Trinajstić information content (AvgIpc) is 2.41. The Bertz CT molecular complexity index is 532. The molecule has 0 saturated carbocycles. The second-order valence-corrected chi connectivity index (χ2v) is 4.62. The summed E-state index contributed by atoms with van der Waals surface area (Å²) in [5.41, 5.74) is -0.876. The number of carbonyl (C=O) groups is 2. The van der Waals surface area contributed by atoms with Crippen molar-refractivity contribution in [3.63, 3.8) is 0 Å². The van der Waals surface area contributed by atoms with Gasteiger partial charge in [0.2, 0.25) is 0 Å². The Balaban J connectivity index is 2.98. The van der Waals surface area contributed by atoms with E-state index >= 15 is 0 Å². The molecule has 21 heavy (non-hydrogen) atoms. The molecule has 0 saturated heterocycles. The minimum Gasteiger partial charge on any atom is -0.462 e. The number of esters is 1. The number of nitrogens with one attached hydrogen (secondary N) is 1. The van der Waals surface area contributed by atoms with E-state index in [0.717, 1.165) is 12.1 Å². The van der Waals surface area contributed by atoms with Crippen molar-refractivity contribution < 1.29 is 27.8 Å². The fraction of sp³-hybridized carbons (Fsp3) is 0.429. The smallest absolute Gasteiger partial charge is 0.411 e. The van der Waals surface area contributed by atoms with Crippen LogP contribution < -0.4 is 5.32 Å². The zero-order valence-electron chi connectivity index (χ0n) is 12.0. The number of hydrogen-bond donors (Lipinski definition) is 1. The molecule has 1 rings (SSSR count). The second-order valence-electron chi connectivity index (χ2n) is 4.62. The van der Waals surface area contributed by atoms with Crippen LogP contribution in [0.5, 0.6) is 0 Å². The summed E-state index contributed by atoms with van der Waals surface area (Å²) in [5, 5.41) is 2.20. The molecule has 1 N–H and O–H groups in total. The van der Waals surface area contributed by atoms with E-state index < -0.39 is 29.3 Å². The number of ether oxygens (including phenoxy) is 2. The van der Waals surface area contributed by atoms with Gasteiger partial charge in [-0.3, -0.25) is 5.32 Å². The maximum absolute atomic E-state index is 13.7. The quantitative estimate of drug-likeness (QED) is 0.847. The van der Waals surface area contributed by atoms with Gasteiger partial charge in [0.1, 0.15) is 5.56 Å². The van der Waals surface area contributed by atoms with Crippen LogP contribution in [0, 0.1) is 17.6 Å². The zero-order valence-corrected chi connectivity index (χ0v) is 12.0. The van der Waals surface area contributed by atoms with Gasteiger partial charge >= 0.3 is 12.1 Å². The number of carbonyl (C=O) groups excluding carboxylic acids is 2. The molecule has 1 aromatic rings. The third kappa shape index (κ3) is 4.70. The highest BCUT2D eigenvalue weighted by Gasteiger charge is 2.23. The maximum Gasteiger partial charge on any atom is 0.411 e. The van der Waals surface area contributed by atoms with Gasteiger partial charge in [-0.25, -0.2) is 18.4 Å². The van der Waals surface area contributed by atoms with E-state index in [2.05, 4.69) is 10.1 Å². The monoisotopic (exact) mass is 301 g/mol. The molecular weight excluding hydrogens is 284 g/mol. The van der Waals surface area contributed by atoms with Crippen molar-refractivity contribution in [2.75, 3.05) is 18.5 Å². The van der Waals surface area contributed by atoms with Crippen LogP contribution in [-0.2, 0) is 9.47 Å². The summed E-state index contributed by atoms with van der Waals surface area (Å²) in [5.74, 6) is -3.53. The second kappa shape index (κ2) is 7.56.